The van der Waals surface area contributed by atoms with Crippen LogP contribution in [0.5, 0.6) is 0 Å². The predicted octanol–water partition coefficient (Wildman–Crippen LogP) is 0.233. The van der Waals surface area contributed by atoms with Gasteiger partial charge in [0, 0.05) is 24.5 Å². The molecule has 0 aromatic carbocycles. The maximum atomic E-state index is 11.8. The van der Waals surface area contributed by atoms with Gasteiger partial charge >= 0.3 is 0 Å². The molecule has 15 heavy (non-hydrogen) atoms. The number of hydrogen-bond donors (Lipinski definition) is 1. The van der Waals surface area contributed by atoms with Crippen LogP contribution in [-0.4, -0.2) is 49.7 Å². The minimum Gasteiger partial charge on any atom is -0.371 e. The van der Waals surface area contributed by atoms with Gasteiger partial charge in [-0.3, -0.25) is 4.79 Å². The number of nitrogens with one attached hydrogen (secondary N) is 1. The Balaban J connectivity index is 2.13. The molecule has 0 bridgehead atoms. The molecule has 1 spiro atoms. The van der Waals surface area contributed by atoms with E-state index in [9.17, 15) is 4.79 Å². The van der Waals surface area contributed by atoms with Crippen LogP contribution in [0.25, 0.3) is 0 Å². The first-order chi connectivity index (χ1) is 7.13. The number of carbonyl (C=O) groups is 1. The Morgan fingerprint density at radius 3 is 2.93 bits per heavy atom. The van der Waals surface area contributed by atoms with Gasteiger partial charge in [0.05, 0.1) is 6.61 Å². The quantitative estimate of drug-likeness (QED) is 0.676. The van der Waals surface area contributed by atoms with Crippen LogP contribution in [0.4, 0.5) is 0 Å². The molecule has 1 N–H and O–H groups in total. The first-order valence-electron chi connectivity index (χ1n) is 5.71. The van der Waals surface area contributed by atoms with Gasteiger partial charge in [0.1, 0.15) is 6.61 Å². The van der Waals surface area contributed by atoms with Gasteiger partial charge in [0.25, 0.3) is 0 Å². The van der Waals surface area contributed by atoms with E-state index < -0.39 is 0 Å². The summed E-state index contributed by atoms with van der Waals surface area (Å²) in [6.07, 6.45) is 1.11. The summed E-state index contributed by atoms with van der Waals surface area (Å²) in [5, 5.41) is 3.37. The molecular formula is C11H20N2O2. The van der Waals surface area contributed by atoms with E-state index in [1.54, 1.807) is 0 Å². The Bertz CT molecular complexity index is 247. The SMILES string of the molecule is CC(C)N1CC2(CCNC2)COCC1=O. The van der Waals surface area contributed by atoms with Crippen molar-refractivity contribution in [1.29, 1.82) is 0 Å². The molecule has 0 aromatic heterocycles. The van der Waals surface area contributed by atoms with Crippen LogP contribution < -0.4 is 5.32 Å². The molecule has 2 heterocycles. The summed E-state index contributed by atoms with van der Waals surface area (Å²) in [6.45, 7) is 7.97. The van der Waals surface area contributed by atoms with Gasteiger partial charge in [-0.15, -0.1) is 0 Å². The highest BCUT2D eigenvalue weighted by Gasteiger charge is 2.40. The Hall–Kier alpha value is -0.610. The number of rotatable bonds is 1. The van der Waals surface area contributed by atoms with Gasteiger partial charge in [-0.25, -0.2) is 0 Å². The van der Waals surface area contributed by atoms with Gasteiger partial charge in [0.2, 0.25) is 5.91 Å². The molecule has 2 rings (SSSR count). The van der Waals surface area contributed by atoms with Crippen molar-refractivity contribution in [2.45, 2.75) is 26.3 Å². The lowest BCUT2D eigenvalue weighted by atomic mass is 9.87. The van der Waals surface area contributed by atoms with E-state index >= 15 is 0 Å². The first-order valence-corrected chi connectivity index (χ1v) is 5.71. The van der Waals surface area contributed by atoms with Crippen LogP contribution in [0.1, 0.15) is 20.3 Å². The van der Waals surface area contributed by atoms with Crippen LogP contribution in [0, 0.1) is 5.41 Å². The molecule has 0 aromatic rings. The van der Waals surface area contributed by atoms with Crippen molar-refractivity contribution in [3.8, 4) is 0 Å². The average Bonchev–Trinajstić information content (AvgIpc) is 2.55. The third-order valence-electron chi connectivity index (χ3n) is 3.42. The summed E-state index contributed by atoms with van der Waals surface area (Å²) >= 11 is 0. The summed E-state index contributed by atoms with van der Waals surface area (Å²) in [6, 6.07) is 0.275. The number of carbonyl (C=O) groups excluding carboxylic acids is 1. The zero-order valence-electron chi connectivity index (χ0n) is 9.58. The maximum absolute atomic E-state index is 11.8. The molecule has 2 aliphatic heterocycles. The maximum Gasteiger partial charge on any atom is 0.248 e. The van der Waals surface area contributed by atoms with Crippen molar-refractivity contribution >= 4 is 5.91 Å². The van der Waals surface area contributed by atoms with Gasteiger partial charge in [-0.1, -0.05) is 0 Å². The molecule has 2 aliphatic rings. The minimum atomic E-state index is 0.133. The number of ether oxygens (including phenoxy) is 1. The van der Waals surface area contributed by atoms with Crippen LogP contribution in [0.2, 0.25) is 0 Å². The molecule has 0 aliphatic carbocycles. The zero-order valence-corrected chi connectivity index (χ0v) is 9.58. The largest absolute Gasteiger partial charge is 0.371 e. The van der Waals surface area contributed by atoms with Crippen molar-refractivity contribution in [1.82, 2.24) is 10.2 Å². The summed E-state index contributed by atoms with van der Waals surface area (Å²) in [4.78, 5) is 13.7. The van der Waals surface area contributed by atoms with Crippen LogP contribution >= 0.6 is 0 Å². The van der Waals surface area contributed by atoms with Crippen molar-refractivity contribution in [2.24, 2.45) is 5.41 Å². The molecule has 1 amide bonds. The fourth-order valence-corrected chi connectivity index (χ4v) is 2.46. The fraction of sp³-hybridized carbons (Fsp3) is 0.909. The molecular weight excluding hydrogens is 192 g/mol. The van der Waals surface area contributed by atoms with Crippen LogP contribution in [-0.2, 0) is 9.53 Å². The van der Waals surface area contributed by atoms with Gasteiger partial charge in [-0.2, -0.15) is 0 Å². The molecule has 1 unspecified atom stereocenters. The molecule has 0 saturated carbocycles. The summed E-state index contributed by atoms with van der Waals surface area (Å²) < 4.78 is 5.49. The topological polar surface area (TPSA) is 41.6 Å². The van der Waals surface area contributed by atoms with Gasteiger partial charge in [0.15, 0.2) is 0 Å². The predicted molar refractivity (Wildman–Crippen MR) is 57.6 cm³/mol. The first kappa shape index (κ1) is 10.9. The third-order valence-corrected chi connectivity index (χ3v) is 3.42. The monoisotopic (exact) mass is 212 g/mol. The van der Waals surface area contributed by atoms with Crippen molar-refractivity contribution < 1.29 is 9.53 Å². The minimum absolute atomic E-state index is 0.133. The average molecular weight is 212 g/mol. The lowest BCUT2D eigenvalue weighted by Crippen LogP contribution is -2.45. The van der Waals surface area contributed by atoms with E-state index in [-0.39, 0.29) is 24.0 Å². The van der Waals surface area contributed by atoms with Crippen LogP contribution in [0.3, 0.4) is 0 Å². The molecule has 1 atom stereocenters. The molecule has 2 fully saturated rings. The Labute approximate surface area is 91.0 Å². The van der Waals surface area contributed by atoms with E-state index in [1.165, 1.54) is 0 Å². The highest BCUT2D eigenvalue weighted by atomic mass is 16.5. The van der Waals surface area contributed by atoms with E-state index in [4.69, 9.17) is 4.74 Å². The molecule has 4 heteroatoms. The van der Waals surface area contributed by atoms with E-state index in [2.05, 4.69) is 19.2 Å². The van der Waals surface area contributed by atoms with Gasteiger partial charge < -0.3 is 15.0 Å². The number of nitrogens with zero attached hydrogens (tertiary/aromatic N) is 1. The van der Waals surface area contributed by atoms with Crippen molar-refractivity contribution in [3.05, 3.63) is 0 Å². The Morgan fingerprint density at radius 1 is 1.53 bits per heavy atom. The number of amides is 1. The molecule has 2 saturated heterocycles. The molecule has 4 nitrogen and oxygen atoms in total. The lowest BCUT2D eigenvalue weighted by molar-refractivity contribution is -0.135. The summed E-state index contributed by atoms with van der Waals surface area (Å²) in [7, 11) is 0. The Kier molecular flexibility index (Phi) is 2.98. The summed E-state index contributed by atoms with van der Waals surface area (Å²) in [5.41, 5.74) is 0.163. The van der Waals surface area contributed by atoms with E-state index in [1.807, 2.05) is 4.90 Å². The van der Waals surface area contributed by atoms with Crippen molar-refractivity contribution in [3.63, 3.8) is 0 Å². The second-order valence-corrected chi connectivity index (χ2v) is 5.03. The molecule has 86 valence electrons. The van der Waals surface area contributed by atoms with E-state index in [0.29, 0.717) is 0 Å². The smallest absolute Gasteiger partial charge is 0.248 e. The van der Waals surface area contributed by atoms with Crippen molar-refractivity contribution in [2.75, 3.05) is 32.8 Å². The van der Waals surface area contributed by atoms with Crippen LogP contribution in [0.15, 0.2) is 0 Å². The second kappa shape index (κ2) is 4.10. The fourth-order valence-electron chi connectivity index (χ4n) is 2.46. The Morgan fingerprint density at radius 2 is 2.33 bits per heavy atom. The highest BCUT2D eigenvalue weighted by molar-refractivity contribution is 5.78. The zero-order chi connectivity index (χ0) is 10.9. The van der Waals surface area contributed by atoms with E-state index in [0.717, 1.165) is 32.7 Å². The lowest BCUT2D eigenvalue weighted by Gasteiger charge is -2.33. The third kappa shape index (κ3) is 2.16. The second-order valence-electron chi connectivity index (χ2n) is 5.03. The standard InChI is InChI=1S/C11H20N2O2/c1-9(2)13-7-11(3-4-12-6-11)8-15-5-10(13)14/h9,12H,3-8H2,1-2H3. The highest BCUT2D eigenvalue weighted by Crippen LogP contribution is 2.29. The summed E-state index contributed by atoms with van der Waals surface area (Å²) in [5.74, 6) is 0.133. The van der Waals surface area contributed by atoms with Gasteiger partial charge in [-0.05, 0) is 26.8 Å². The number of hydrogen-bond acceptors (Lipinski definition) is 3. The molecule has 0 radical (unpaired) electrons. The normalized spacial score (nSPS) is 32.7.